The van der Waals surface area contributed by atoms with Crippen molar-refractivity contribution in [3.63, 3.8) is 0 Å². The Morgan fingerprint density at radius 2 is 1.38 bits per heavy atom. The molecule has 1 unspecified atom stereocenters. The summed E-state index contributed by atoms with van der Waals surface area (Å²) >= 11 is 0. The highest BCUT2D eigenvalue weighted by atomic mass is 19.1. The van der Waals surface area contributed by atoms with E-state index >= 15 is 4.39 Å². The minimum Gasteiger partial charge on any atom is -0.497 e. The number of benzene rings is 5. The van der Waals surface area contributed by atoms with Gasteiger partial charge in [0.2, 0.25) is 0 Å². The van der Waals surface area contributed by atoms with Crippen molar-refractivity contribution in [3.8, 4) is 34.1 Å². The van der Waals surface area contributed by atoms with Crippen molar-refractivity contribution in [2.45, 2.75) is 44.6 Å². The van der Waals surface area contributed by atoms with Crippen LogP contribution in [0.2, 0.25) is 0 Å². The van der Waals surface area contributed by atoms with E-state index in [4.69, 9.17) is 18.9 Å². The van der Waals surface area contributed by atoms with Crippen molar-refractivity contribution in [1.29, 1.82) is 0 Å². The lowest BCUT2D eigenvalue weighted by Crippen LogP contribution is -2.35. The summed E-state index contributed by atoms with van der Waals surface area (Å²) in [5.74, 6) is 2.53. The normalized spacial score (nSPS) is 17.3. The summed E-state index contributed by atoms with van der Waals surface area (Å²) in [7, 11) is 4.96. The van der Waals surface area contributed by atoms with Crippen LogP contribution in [0.15, 0.2) is 84.9 Å². The first-order valence-electron chi connectivity index (χ1n) is 15.5. The number of methoxy groups -OCH3 is 3. The monoisotopic (exact) mass is 600 g/mol. The van der Waals surface area contributed by atoms with Crippen LogP contribution in [0.5, 0.6) is 23.0 Å². The predicted octanol–water partition coefficient (Wildman–Crippen LogP) is 9.75. The van der Waals surface area contributed by atoms with Gasteiger partial charge in [-0.15, -0.1) is 0 Å². The van der Waals surface area contributed by atoms with Crippen LogP contribution in [0.3, 0.4) is 0 Å². The maximum Gasteiger partial charge on any atom is 0.178 e. The highest BCUT2D eigenvalue weighted by Crippen LogP contribution is 2.61. The Balaban J connectivity index is 1.63. The molecular weight excluding hydrogens is 563 g/mol. The van der Waals surface area contributed by atoms with E-state index in [0.717, 1.165) is 68.5 Å². The number of aryl methyl sites for hydroxylation is 1. The minimum absolute atomic E-state index is 0.235. The van der Waals surface area contributed by atoms with Gasteiger partial charge in [-0.3, -0.25) is 0 Å². The molecule has 1 aliphatic heterocycles. The number of fused-ring (bicyclic) bond motifs is 8. The molecule has 1 atom stereocenters. The van der Waals surface area contributed by atoms with E-state index in [1.165, 1.54) is 11.1 Å². The van der Waals surface area contributed by atoms with Crippen LogP contribution in [0, 0.1) is 12.7 Å². The molecule has 0 spiro atoms. The second-order valence-corrected chi connectivity index (χ2v) is 11.9. The number of ether oxygens (including phenoxy) is 4. The molecule has 45 heavy (non-hydrogen) atoms. The second-order valence-electron chi connectivity index (χ2n) is 11.9. The van der Waals surface area contributed by atoms with Gasteiger partial charge in [-0.05, 0) is 95.4 Å². The first-order chi connectivity index (χ1) is 21.8. The van der Waals surface area contributed by atoms with Gasteiger partial charge in [0, 0.05) is 27.5 Å². The van der Waals surface area contributed by atoms with Crippen LogP contribution in [0.4, 0.5) is 4.39 Å². The van der Waals surface area contributed by atoms with Crippen LogP contribution < -0.4 is 18.9 Å². The van der Waals surface area contributed by atoms with E-state index in [1.54, 1.807) is 33.5 Å². The van der Waals surface area contributed by atoms with Crippen LogP contribution in [0.1, 0.15) is 60.1 Å². The zero-order valence-electron chi connectivity index (χ0n) is 26.6. The van der Waals surface area contributed by atoms with Gasteiger partial charge < -0.3 is 18.9 Å². The average molecular weight is 601 g/mol. The van der Waals surface area contributed by atoms with Gasteiger partial charge in [0.1, 0.15) is 17.3 Å². The summed E-state index contributed by atoms with van der Waals surface area (Å²) in [6.45, 7) is 6.49. The molecule has 0 saturated carbocycles. The van der Waals surface area contributed by atoms with Crippen molar-refractivity contribution < 1.29 is 23.3 Å². The third-order valence-corrected chi connectivity index (χ3v) is 10.0. The quantitative estimate of drug-likeness (QED) is 0.186. The molecule has 1 heterocycles. The molecule has 5 aromatic carbocycles. The Kier molecular flexibility index (Phi) is 6.88. The summed E-state index contributed by atoms with van der Waals surface area (Å²) in [6.07, 6.45) is 6.11. The fraction of sp³-hybridized carbons (Fsp3) is 0.250. The van der Waals surface area contributed by atoms with E-state index in [-0.39, 0.29) is 11.2 Å². The fourth-order valence-electron chi connectivity index (χ4n) is 7.90. The molecule has 1 aliphatic carbocycles. The van der Waals surface area contributed by atoms with Gasteiger partial charge in [-0.2, -0.15) is 0 Å². The molecule has 4 nitrogen and oxygen atoms in total. The largest absolute Gasteiger partial charge is 0.497 e. The van der Waals surface area contributed by atoms with Gasteiger partial charge in [-0.1, -0.05) is 62.4 Å². The van der Waals surface area contributed by atoms with Crippen molar-refractivity contribution >= 4 is 16.8 Å². The third-order valence-electron chi connectivity index (χ3n) is 10.0. The Bertz CT molecular complexity index is 1970. The molecular formula is C40H37FO4. The lowest BCUT2D eigenvalue weighted by atomic mass is 9.70. The fourth-order valence-corrected chi connectivity index (χ4v) is 7.90. The molecule has 0 saturated heterocycles. The van der Waals surface area contributed by atoms with Gasteiger partial charge >= 0.3 is 0 Å². The Labute approximate surface area is 264 Å². The molecule has 228 valence electrons. The molecule has 0 fully saturated rings. The lowest BCUT2D eigenvalue weighted by molar-refractivity contribution is 0.163. The molecule has 0 amide bonds. The Hall–Kier alpha value is -4.77. The van der Waals surface area contributed by atoms with Crippen molar-refractivity contribution in [2.75, 3.05) is 21.3 Å². The SMILES string of the molecule is CCC1(CC)c2c(C)cc(F)cc2-c2c1c1c(c3cc(OC)c(OC)cc23)OC(c2ccccc2)(c2ccc(OC)cc2)C=C1. The smallest absolute Gasteiger partial charge is 0.178 e. The zero-order valence-corrected chi connectivity index (χ0v) is 26.6. The van der Waals surface area contributed by atoms with Crippen molar-refractivity contribution in [2.24, 2.45) is 0 Å². The van der Waals surface area contributed by atoms with E-state index < -0.39 is 5.60 Å². The molecule has 2 aliphatic rings. The summed E-state index contributed by atoms with van der Waals surface area (Å²) in [5, 5.41) is 1.83. The average Bonchev–Trinajstić information content (AvgIpc) is 3.38. The van der Waals surface area contributed by atoms with Crippen LogP contribution in [0.25, 0.3) is 28.0 Å². The number of hydrogen-bond donors (Lipinski definition) is 0. The molecule has 0 N–H and O–H groups in total. The first-order valence-corrected chi connectivity index (χ1v) is 15.5. The Morgan fingerprint density at radius 1 is 0.733 bits per heavy atom. The van der Waals surface area contributed by atoms with Crippen molar-refractivity contribution in [1.82, 2.24) is 0 Å². The van der Waals surface area contributed by atoms with Crippen LogP contribution in [-0.4, -0.2) is 21.3 Å². The van der Waals surface area contributed by atoms with Crippen LogP contribution in [-0.2, 0) is 11.0 Å². The van der Waals surface area contributed by atoms with Gasteiger partial charge in [0.05, 0.1) is 21.3 Å². The number of halogens is 1. The van der Waals surface area contributed by atoms with Gasteiger partial charge in [0.15, 0.2) is 17.1 Å². The van der Waals surface area contributed by atoms with E-state index in [9.17, 15) is 0 Å². The van der Waals surface area contributed by atoms with E-state index in [2.05, 4.69) is 50.3 Å². The molecule has 5 aromatic rings. The Morgan fingerprint density at radius 3 is 2.00 bits per heavy atom. The second kappa shape index (κ2) is 10.7. The molecule has 0 radical (unpaired) electrons. The molecule has 0 aromatic heterocycles. The number of hydrogen-bond acceptors (Lipinski definition) is 4. The highest BCUT2D eigenvalue weighted by Gasteiger charge is 2.48. The number of rotatable bonds is 7. The summed E-state index contributed by atoms with van der Waals surface area (Å²) in [5.41, 5.74) is 7.07. The summed E-state index contributed by atoms with van der Waals surface area (Å²) in [4.78, 5) is 0. The molecule has 7 rings (SSSR count). The standard InChI is InChI=1S/C40H37FO4/c1-7-39(8-2)36-24(3)20-27(41)21-32(36)35-30-22-33(43-5)34(44-6)23-31(30)38-29(37(35)39)18-19-40(45-38,25-12-10-9-11-13-25)26-14-16-28(42-4)17-15-26/h9-23H,7-8H2,1-6H3. The van der Waals surface area contributed by atoms with Crippen LogP contribution >= 0.6 is 0 Å². The topological polar surface area (TPSA) is 36.9 Å². The van der Waals surface area contributed by atoms with E-state index in [0.29, 0.717) is 11.5 Å². The molecule has 5 heteroatoms. The third kappa shape index (κ3) is 4.03. The lowest BCUT2D eigenvalue weighted by Gasteiger charge is -2.39. The first kappa shape index (κ1) is 29.0. The van der Waals surface area contributed by atoms with Gasteiger partial charge in [-0.25, -0.2) is 4.39 Å². The molecule has 0 bridgehead atoms. The summed E-state index contributed by atoms with van der Waals surface area (Å²) in [6, 6.07) is 25.7. The maximum absolute atomic E-state index is 15.2. The summed E-state index contributed by atoms with van der Waals surface area (Å²) < 4.78 is 39.8. The minimum atomic E-state index is -0.913. The van der Waals surface area contributed by atoms with Gasteiger partial charge in [0.25, 0.3) is 0 Å². The van der Waals surface area contributed by atoms with E-state index in [1.807, 2.05) is 49.4 Å². The predicted molar refractivity (Wildman–Crippen MR) is 178 cm³/mol. The maximum atomic E-state index is 15.2. The van der Waals surface area contributed by atoms with Crippen molar-refractivity contribution in [3.05, 3.63) is 124 Å². The highest BCUT2D eigenvalue weighted by molar-refractivity contribution is 6.10. The zero-order chi connectivity index (χ0) is 31.5.